The summed E-state index contributed by atoms with van der Waals surface area (Å²) in [5, 5.41) is 3.19. The van der Waals surface area contributed by atoms with Crippen LogP contribution in [-0.2, 0) is 9.47 Å². The molecule has 98 valence electrons. The molecule has 3 N–H and O–H groups in total. The van der Waals surface area contributed by atoms with Gasteiger partial charge >= 0.3 is 5.97 Å². The number of hydrogen-bond acceptors (Lipinski definition) is 5. The van der Waals surface area contributed by atoms with E-state index < -0.39 is 0 Å². The van der Waals surface area contributed by atoms with Crippen LogP contribution < -0.4 is 11.1 Å². The number of carbonyl (C=O) groups excluding carboxylic acids is 1. The Labute approximate surface area is 106 Å². The average Bonchev–Trinajstić information content (AvgIpc) is 2.29. The second-order valence-electron chi connectivity index (χ2n) is 4.18. The van der Waals surface area contributed by atoms with Gasteiger partial charge < -0.3 is 20.5 Å². The van der Waals surface area contributed by atoms with Crippen molar-refractivity contribution in [2.75, 3.05) is 30.8 Å². The molecule has 0 spiro atoms. The molecule has 1 aliphatic rings. The van der Waals surface area contributed by atoms with Crippen LogP contribution in [0.15, 0.2) is 18.2 Å². The largest absolute Gasteiger partial charge is 0.462 e. The molecule has 1 heterocycles. The van der Waals surface area contributed by atoms with Crippen molar-refractivity contribution in [2.45, 2.75) is 19.4 Å². The van der Waals surface area contributed by atoms with Gasteiger partial charge in [-0.1, -0.05) is 0 Å². The SMILES string of the molecule is CCOC(=O)c1ccc(N)c(NCC2CCO2)c1. The summed E-state index contributed by atoms with van der Waals surface area (Å²) in [4.78, 5) is 11.6. The maximum absolute atomic E-state index is 11.6. The van der Waals surface area contributed by atoms with Crippen LogP contribution in [0.5, 0.6) is 0 Å². The second kappa shape index (κ2) is 5.73. The van der Waals surface area contributed by atoms with Crippen LogP contribution in [0, 0.1) is 0 Å². The Morgan fingerprint density at radius 1 is 1.61 bits per heavy atom. The number of nitrogens with two attached hydrogens (primary N) is 1. The van der Waals surface area contributed by atoms with Crippen molar-refractivity contribution >= 4 is 17.3 Å². The van der Waals surface area contributed by atoms with E-state index in [-0.39, 0.29) is 12.1 Å². The van der Waals surface area contributed by atoms with Gasteiger partial charge in [-0.05, 0) is 31.5 Å². The van der Waals surface area contributed by atoms with Gasteiger partial charge in [-0.2, -0.15) is 0 Å². The molecule has 5 heteroatoms. The van der Waals surface area contributed by atoms with Crippen molar-refractivity contribution < 1.29 is 14.3 Å². The number of nitrogen functional groups attached to an aromatic ring is 1. The smallest absolute Gasteiger partial charge is 0.338 e. The van der Waals surface area contributed by atoms with Crippen LogP contribution in [0.4, 0.5) is 11.4 Å². The Balaban J connectivity index is 2.03. The van der Waals surface area contributed by atoms with Crippen LogP contribution in [-0.4, -0.2) is 31.8 Å². The Morgan fingerprint density at radius 2 is 2.39 bits per heavy atom. The summed E-state index contributed by atoms with van der Waals surface area (Å²) in [5.74, 6) is -0.333. The fourth-order valence-corrected chi connectivity index (χ4v) is 1.72. The lowest BCUT2D eigenvalue weighted by Crippen LogP contribution is -2.33. The molecule has 0 saturated carbocycles. The van der Waals surface area contributed by atoms with E-state index in [1.54, 1.807) is 25.1 Å². The highest BCUT2D eigenvalue weighted by molar-refractivity contribution is 5.92. The number of nitrogens with one attached hydrogen (secondary N) is 1. The van der Waals surface area contributed by atoms with Gasteiger partial charge in [0.15, 0.2) is 0 Å². The highest BCUT2D eigenvalue weighted by Gasteiger charge is 2.18. The Morgan fingerprint density at radius 3 is 3.00 bits per heavy atom. The molecule has 18 heavy (non-hydrogen) atoms. The summed E-state index contributed by atoms with van der Waals surface area (Å²) in [6, 6.07) is 5.08. The van der Waals surface area contributed by atoms with Crippen LogP contribution in [0.1, 0.15) is 23.7 Å². The molecular weight excluding hydrogens is 232 g/mol. The van der Waals surface area contributed by atoms with Gasteiger partial charge in [-0.25, -0.2) is 4.79 Å². The standard InChI is InChI=1S/C13H18N2O3/c1-2-17-13(16)9-3-4-11(14)12(7-9)15-8-10-5-6-18-10/h3-4,7,10,15H,2,5-6,8,14H2,1H3. The Bertz CT molecular complexity index is 430. The van der Waals surface area contributed by atoms with Crippen molar-refractivity contribution in [3.63, 3.8) is 0 Å². The average molecular weight is 250 g/mol. The molecule has 0 aromatic heterocycles. The third kappa shape index (κ3) is 2.92. The number of rotatable bonds is 5. The van der Waals surface area contributed by atoms with Gasteiger partial charge in [0.2, 0.25) is 0 Å². The van der Waals surface area contributed by atoms with Crippen molar-refractivity contribution in [3.8, 4) is 0 Å². The third-order valence-corrected chi connectivity index (χ3v) is 2.88. The lowest BCUT2D eigenvalue weighted by atomic mass is 10.1. The summed E-state index contributed by atoms with van der Waals surface area (Å²) >= 11 is 0. The maximum Gasteiger partial charge on any atom is 0.338 e. The molecule has 0 bridgehead atoms. The molecule has 1 saturated heterocycles. The topological polar surface area (TPSA) is 73.6 Å². The van der Waals surface area contributed by atoms with Gasteiger partial charge in [0.25, 0.3) is 0 Å². The van der Waals surface area contributed by atoms with E-state index in [4.69, 9.17) is 15.2 Å². The summed E-state index contributed by atoms with van der Waals surface area (Å²) in [6.07, 6.45) is 1.31. The molecule has 1 aromatic rings. The van der Waals surface area contributed by atoms with E-state index in [2.05, 4.69) is 5.32 Å². The number of benzene rings is 1. The molecule has 1 aliphatic heterocycles. The Kier molecular flexibility index (Phi) is 4.04. The minimum Gasteiger partial charge on any atom is -0.462 e. The van der Waals surface area contributed by atoms with E-state index in [1.165, 1.54) is 0 Å². The van der Waals surface area contributed by atoms with E-state index in [1.807, 2.05) is 0 Å². The molecular formula is C13H18N2O3. The van der Waals surface area contributed by atoms with Crippen LogP contribution in [0.3, 0.4) is 0 Å². The summed E-state index contributed by atoms with van der Waals surface area (Å²) < 4.78 is 10.3. The second-order valence-corrected chi connectivity index (χ2v) is 4.18. The predicted octanol–water partition coefficient (Wildman–Crippen LogP) is 1.65. The highest BCUT2D eigenvalue weighted by Crippen LogP contribution is 2.22. The lowest BCUT2D eigenvalue weighted by Gasteiger charge is -2.27. The first-order valence-corrected chi connectivity index (χ1v) is 6.13. The Hall–Kier alpha value is -1.75. The van der Waals surface area contributed by atoms with Crippen molar-refractivity contribution in [3.05, 3.63) is 23.8 Å². The fourth-order valence-electron chi connectivity index (χ4n) is 1.72. The molecule has 0 amide bonds. The minimum absolute atomic E-state index is 0.246. The molecule has 1 aromatic carbocycles. The summed E-state index contributed by atoms with van der Waals surface area (Å²) in [7, 11) is 0. The zero-order valence-electron chi connectivity index (χ0n) is 10.4. The molecule has 1 atom stereocenters. The molecule has 2 rings (SSSR count). The van der Waals surface area contributed by atoms with E-state index >= 15 is 0 Å². The van der Waals surface area contributed by atoms with Crippen molar-refractivity contribution in [1.29, 1.82) is 0 Å². The summed E-state index contributed by atoms with van der Waals surface area (Å²) in [6.45, 7) is 3.67. The number of esters is 1. The first-order valence-electron chi connectivity index (χ1n) is 6.13. The van der Waals surface area contributed by atoms with E-state index in [0.29, 0.717) is 24.4 Å². The van der Waals surface area contributed by atoms with Crippen molar-refractivity contribution in [1.82, 2.24) is 0 Å². The number of carbonyl (C=O) groups is 1. The molecule has 1 unspecified atom stereocenters. The van der Waals surface area contributed by atoms with Crippen molar-refractivity contribution in [2.24, 2.45) is 0 Å². The fraction of sp³-hybridized carbons (Fsp3) is 0.462. The zero-order chi connectivity index (χ0) is 13.0. The summed E-state index contributed by atoms with van der Waals surface area (Å²) in [5.41, 5.74) is 7.72. The molecule has 0 radical (unpaired) electrons. The zero-order valence-corrected chi connectivity index (χ0v) is 10.4. The first kappa shape index (κ1) is 12.7. The third-order valence-electron chi connectivity index (χ3n) is 2.88. The number of anilines is 2. The lowest BCUT2D eigenvalue weighted by molar-refractivity contribution is -0.0410. The monoisotopic (exact) mass is 250 g/mol. The predicted molar refractivity (Wildman–Crippen MR) is 69.7 cm³/mol. The van der Waals surface area contributed by atoms with Gasteiger partial charge in [0.1, 0.15) is 0 Å². The van der Waals surface area contributed by atoms with Crippen LogP contribution in [0.2, 0.25) is 0 Å². The van der Waals surface area contributed by atoms with E-state index in [0.717, 1.165) is 18.7 Å². The first-order chi connectivity index (χ1) is 8.70. The molecule has 1 fully saturated rings. The molecule has 5 nitrogen and oxygen atoms in total. The van der Waals surface area contributed by atoms with Gasteiger partial charge in [0, 0.05) is 13.2 Å². The van der Waals surface area contributed by atoms with Crippen LogP contribution >= 0.6 is 0 Å². The van der Waals surface area contributed by atoms with Gasteiger partial charge in [-0.3, -0.25) is 0 Å². The normalized spacial score (nSPS) is 17.9. The van der Waals surface area contributed by atoms with Gasteiger partial charge in [0.05, 0.1) is 29.6 Å². The molecule has 0 aliphatic carbocycles. The van der Waals surface area contributed by atoms with Crippen LogP contribution in [0.25, 0.3) is 0 Å². The number of hydrogen-bond donors (Lipinski definition) is 2. The quantitative estimate of drug-likeness (QED) is 0.614. The van der Waals surface area contributed by atoms with Gasteiger partial charge in [-0.15, -0.1) is 0 Å². The number of ether oxygens (including phenoxy) is 2. The van der Waals surface area contributed by atoms with E-state index in [9.17, 15) is 4.79 Å². The maximum atomic E-state index is 11.6. The minimum atomic E-state index is -0.333. The highest BCUT2D eigenvalue weighted by atomic mass is 16.5.